The van der Waals surface area contributed by atoms with Gasteiger partial charge in [-0.3, -0.25) is 9.36 Å². The molecule has 0 amide bonds. The summed E-state index contributed by atoms with van der Waals surface area (Å²) in [6, 6.07) is 7.11. The van der Waals surface area contributed by atoms with E-state index in [9.17, 15) is 9.59 Å². The van der Waals surface area contributed by atoms with Gasteiger partial charge in [0.2, 0.25) is 0 Å². The average molecular weight is 314 g/mol. The van der Waals surface area contributed by atoms with Crippen LogP contribution in [0.25, 0.3) is 16.9 Å². The van der Waals surface area contributed by atoms with Crippen LogP contribution in [-0.2, 0) is 6.54 Å². The smallest absolute Gasteiger partial charge is 0.337 e. The first-order valence-corrected chi connectivity index (χ1v) is 7.50. The summed E-state index contributed by atoms with van der Waals surface area (Å²) in [4.78, 5) is 32.3. The number of hydrogen-bond acceptors (Lipinski definition) is 4. The highest BCUT2D eigenvalue weighted by Gasteiger charge is 2.16. The molecule has 0 aliphatic rings. The quantitative estimate of drug-likeness (QED) is 0.777. The van der Waals surface area contributed by atoms with Crippen molar-refractivity contribution in [2.24, 2.45) is 0 Å². The van der Waals surface area contributed by atoms with Crippen LogP contribution in [-0.4, -0.2) is 26.2 Å². The van der Waals surface area contributed by atoms with Gasteiger partial charge in [-0.2, -0.15) is 0 Å². The van der Waals surface area contributed by atoms with E-state index in [1.54, 1.807) is 31.4 Å². The normalized spacial score (nSPS) is 11.0. The first kappa shape index (κ1) is 15.1. The molecule has 7 nitrogen and oxygen atoms in total. The Labute approximate surface area is 132 Å². The second kappa shape index (κ2) is 6.12. The number of unbranched alkanes of at least 4 members (excludes halogenated alkanes) is 1. The summed E-state index contributed by atoms with van der Waals surface area (Å²) in [5, 5.41) is 0. The molecular weight excluding hydrogens is 296 g/mol. The Morgan fingerprint density at radius 1 is 1.30 bits per heavy atom. The number of methoxy groups -OCH3 is 1. The predicted molar refractivity (Wildman–Crippen MR) is 87.4 cm³/mol. The van der Waals surface area contributed by atoms with Gasteiger partial charge in [0.05, 0.1) is 19.1 Å². The highest BCUT2D eigenvalue weighted by atomic mass is 16.5. The minimum atomic E-state index is -0.392. The van der Waals surface area contributed by atoms with Crippen LogP contribution in [0.4, 0.5) is 0 Å². The third-order valence-electron chi connectivity index (χ3n) is 3.76. The van der Waals surface area contributed by atoms with Crippen molar-refractivity contribution in [3.63, 3.8) is 0 Å². The van der Waals surface area contributed by atoms with E-state index >= 15 is 0 Å². The van der Waals surface area contributed by atoms with Crippen LogP contribution in [0.2, 0.25) is 0 Å². The Morgan fingerprint density at radius 2 is 2.13 bits per heavy atom. The maximum Gasteiger partial charge on any atom is 0.337 e. The van der Waals surface area contributed by atoms with Gasteiger partial charge in [-0.25, -0.2) is 14.3 Å². The molecular formula is C16H18N4O3. The molecule has 1 aromatic carbocycles. The summed E-state index contributed by atoms with van der Waals surface area (Å²) >= 11 is 0. The zero-order valence-electron chi connectivity index (χ0n) is 13.1. The van der Waals surface area contributed by atoms with Crippen LogP contribution >= 0.6 is 0 Å². The molecule has 0 fully saturated rings. The molecule has 0 aliphatic carbocycles. The second-order valence-corrected chi connectivity index (χ2v) is 5.23. The Kier molecular flexibility index (Phi) is 4.01. The summed E-state index contributed by atoms with van der Waals surface area (Å²) in [5.41, 5.74) is 0.521. The van der Waals surface area contributed by atoms with Crippen molar-refractivity contribution in [3.05, 3.63) is 51.4 Å². The van der Waals surface area contributed by atoms with Gasteiger partial charge in [-0.1, -0.05) is 19.4 Å². The standard InChI is InChI=1S/C16H18N4O3/c1-3-4-8-19-15(21)13-14(18-10-17-13)20(16(19)22)11-6-5-7-12(9-11)23-2/h5-7,9-10H,3-4,8H2,1-2H3,(H,17,18). The average Bonchev–Trinajstić information content (AvgIpc) is 3.04. The van der Waals surface area contributed by atoms with E-state index in [1.165, 1.54) is 15.5 Å². The zero-order valence-corrected chi connectivity index (χ0v) is 13.1. The molecule has 0 aliphatic heterocycles. The van der Waals surface area contributed by atoms with E-state index in [-0.39, 0.29) is 5.56 Å². The van der Waals surface area contributed by atoms with Crippen LogP contribution in [0, 0.1) is 0 Å². The molecule has 1 N–H and O–H groups in total. The molecule has 23 heavy (non-hydrogen) atoms. The monoisotopic (exact) mass is 314 g/mol. The number of H-pyrrole nitrogens is 1. The molecule has 3 aromatic rings. The lowest BCUT2D eigenvalue weighted by Crippen LogP contribution is -2.39. The Balaban J connectivity index is 2.33. The van der Waals surface area contributed by atoms with E-state index in [0.29, 0.717) is 29.1 Å². The number of aromatic amines is 1. The topological polar surface area (TPSA) is 81.9 Å². The number of nitrogens with one attached hydrogen (secondary N) is 1. The third kappa shape index (κ3) is 2.54. The minimum Gasteiger partial charge on any atom is -0.497 e. The Hall–Kier alpha value is -2.83. The number of rotatable bonds is 5. The van der Waals surface area contributed by atoms with Crippen LogP contribution in [0.5, 0.6) is 5.75 Å². The molecule has 0 bridgehead atoms. The fourth-order valence-electron chi connectivity index (χ4n) is 2.54. The Bertz CT molecular complexity index is 952. The molecule has 3 rings (SSSR count). The molecule has 7 heteroatoms. The molecule has 0 spiro atoms. The summed E-state index contributed by atoms with van der Waals surface area (Å²) in [5.74, 6) is 0.629. The number of imidazole rings is 1. The van der Waals surface area contributed by atoms with E-state index < -0.39 is 5.69 Å². The van der Waals surface area contributed by atoms with Crippen molar-refractivity contribution in [3.8, 4) is 11.4 Å². The van der Waals surface area contributed by atoms with Gasteiger partial charge in [0.15, 0.2) is 5.65 Å². The molecule has 0 unspecified atom stereocenters. The Morgan fingerprint density at radius 3 is 2.87 bits per heavy atom. The van der Waals surface area contributed by atoms with E-state index in [4.69, 9.17) is 4.74 Å². The van der Waals surface area contributed by atoms with Crippen LogP contribution in [0.3, 0.4) is 0 Å². The molecule has 0 saturated heterocycles. The summed E-state index contributed by atoms with van der Waals surface area (Å²) in [6.45, 7) is 2.40. The number of fused-ring (bicyclic) bond motifs is 1. The third-order valence-corrected chi connectivity index (χ3v) is 3.76. The lowest BCUT2D eigenvalue weighted by Gasteiger charge is -2.12. The van der Waals surface area contributed by atoms with Crippen molar-refractivity contribution >= 4 is 11.2 Å². The number of benzene rings is 1. The van der Waals surface area contributed by atoms with Crippen molar-refractivity contribution in [1.29, 1.82) is 0 Å². The second-order valence-electron chi connectivity index (χ2n) is 5.23. The SMILES string of the molecule is CCCCn1c(=O)c2[nH]cnc2n(-c2cccc(OC)c2)c1=O. The molecule has 2 heterocycles. The molecule has 0 radical (unpaired) electrons. The fourth-order valence-corrected chi connectivity index (χ4v) is 2.54. The van der Waals surface area contributed by atoms with Crippen LogP contribution in [0.1, 0.15) is 19.8 Å². The number of ether oxygens (including phenoxy) is 1. The first-order valence-electron chi connectivity index (χ1n) is 7.50. The van der Waals surface area contributed by atoms with Gasteiger partial charge in [0, 0.05) is 12.6 Å². The largest absolute Gasteiger partial charge is 0.497 e. The molecule has 0 saturated carbocycles. The maximum atomic E-state index is 12.8. The summed E-state index contributed by atoms with van der Waals surface area (Å²) in [6.07, 6.45) is 3.07. The number of nitrogens with zero attached hydrogens (tertiary/aromatic N) is 3. The van der Waals surface area contributed by atoms with Crippen LogP contribution in [0.15, 0.2) is 40.2 Å². The number of hydrogen-bond donors (Lipinski definition) is 1. The lowest BCUT2D eigenvalue weighted by molar-refractivity contribution is 0.414. The van der Waals surface area contributed by atoms with Gasteiger partial charge in [-0.05, 0) is 18.6 Å². The number of aromatic nitrogens is 4. The zero-order chi connectivity index (χ0) is 16.4. The minimum absolute atomic E-state index is 0.320. The lowest BCUT2D eigenvalue weighted by atomic mass is 10.3. The first-order chi connectivity index (χ1) is 11.2. The van der Waals surface area contributed by atoms with Gasteiger partial charge >= 0.3 is 5.69 Å². The van der Waals surface area contributed by atoms with Crippen molar-refractivity contribution in [2.75, 3.05) is 7.11 Å². The van der Waals surface area contributed by atoms with E-state index in [0.717, 1.165) is 12.8 Å². The molecule has 120 valence electrons. The maximum absolute atomic E-state index is 12.8. The van der Waals surface area contributed by atoms with Crippen molar-refractivity contribution in [2.45, 2.75) is 26.3 Å². The summed E-state index contributed by atoms with van der Waals surface area (Å²) in [7, 11) is 1.56. The van der Waals surface area contributed by atoms with Gasteiger partial charge in [0.25, 0.3) is 5.56 Å². The highest BCUT2D eigenvalue weighted by molar-refractivity contribution is 5.71. The van der Waals surface area contributed by atoms with Gasteiger partial charge < -0.3 is 9.72 Å². The fraction of sp³-hybridized carbons (Fsp3) is 0.312. The predicted octanol–water partition coefficient (Wildman–Crippen LogP) is 1.68. The molecule has 0 atom stereocenters. The van der Waals surface area contributed by atoms with Crippen molar-refractivity contribution in [1.82, 2.24) is 19.1 Å². The highest BCUT2D eigenvalue weighted by Crippen LogP contribution is 2.17. The van der Waals surface area contributed by atoms with Crippen LogP contribution < -0.4 is 16.0 Å². The van der Waals surface area contributed by atoms with Gasteiger partial charge in [0.1, 0.15) is 11.3 Å². The van der Waals surface area contributed by atoms with E-state index in [1.807, 2.05) is 6.92 Å². The summed E-state index contributed by atoms with van der Waals surface area (Å²) < 4.78 is 7.91. The van der Waals surface area contributed by atoms with Crippen molar-refractivity contribution < 1.29 is 4.74 Å². The van der Waals surface area contributed by atoms with Gasteiger partial charge in [-0.15, -0.1) is 0 Å². The van der Waals surface area contributed by atoms with E-state index in [2.05, 4.69) is 9.97 Å². The molecule has 2 aromatic heterocycles.